The number of pyridine rings is 1. The van der Waals surface area contributed by atoms with Crippen LogP contribution in [0.5, 0.6) is 0 Å². The Morgan fingerprint density at radius 3 is 1.95 bits per heavy atom. The molecule has 0 fully saturated rings. The Hall–Kier alpha value is -5.57. The number of allylic oxidation sites excluding steroid dienone is 1. The molecule has 5 rings (SSSR count). The van der Waals surface area contributed by atoms with Crippen molar-refractivity contribution in [1.82, 2.24) is 4.98 Å². The van der Waals surface area contributed by atoms with Crippen LogP contribution in [-0.2, 0) is 6.18 Å². The largest absolute Gasteiger partial charge is 0.507 e. The number of aliphatic hydroxyl groups excluding tert-OH is 1. The van der Waals surface area contributed by atoms with E-state index in [1.165, 1.54) is 30.3 Å². The van der Waals surface area contributed by atoms with E-state index < -0.39 is 46.0 Å². The Kier molecular flexibility index (Phi) is 7.90. The van der Waals surface area contributed by atoms with E-state index in [1.807, 2.05) is 0 Å². The van der Waals surface area contributed by atoms with Crippen molar-refractivity contribution in [3.05, 3.63) is 159 Å². The molecule has 0 unspecified atom stereocenters. The zero-order valence-electron chi connectivity index (χ0n) is 22.2. The van der Waals surface area contributed by atoms with Gasteiger partial charge in [-0.15, -0.1) is 0 Å². The van der Waals surface area contributed by atoms with Crippen LogP contribution >= 0.6 is 0 Å². The van der Waals surface area contributed by atoms with Crippen LogP contribution in [0.25, 0.3) is 28.1 Å². The molecule has 5 aromatic rings. The molecule has 0 spiro atoms. The van der Waals surface area contributed by atoms with Crippen LogP contribution in [-0.4, -0.2) is 21.7 Å². The molecule has 0 bridgehead atoms. The Balaban J connectivity index is 1.87. The van der Waals surface area contributed by atoms with E-state index in [0.717, 1.165) is 36.4 Å². The minimum Gasteiger partial charge on any atom is -0.507 e. The average Bonchev–Trinajstić information content (AvgIpc) is 3.01. The normalized spacial score (nSPS) is 11.8. The first kappa shape index (κ1) is 28.9. The fourth-order valence-electron chi connectivity index (χ4n) is 4.66. The molecule has 0 saturated carbocycles. The second-order valence-corrected chi connectivity index (χ2v) is 9.49. The molecule has 2 N–H and O–H groups in total. The molecule has 0 saturated heterocycles. The van der Waals surface area contributed by atoms with Gasteiger partial charge in [-0.1, -0.05) is 72.8 Å². The summed E-state index contributed by atoms with van der Waals surface area (Å²) in [6, 6.07) is 24.4. The molecule has 0 atom stereocenters. The molecule has 0 radical (unpaired) electrons. The molecule has 5 nitrogen and oxygen atoms in total. The molecule has 1 aromatic heterocycles. The van der Waals surface area contributed by atoms with Crippen molar-refractivity contribution in [2.24, 2.45) is 0 Å². The number of rotatable bonds is 7. The maximum Gasteiger partial charge on any atom is 0.416 e. The number of aromatic nitrogens is 1. The second kappa shape index (κ2) is 11.7. The molecule has 0 amide bonds. The van der Waals surface area contributed by atoms with Crippen molar-refractivity contribution in [2.45, 2.75) is 6.18 Å². The zero-order chi connectivity index (χ0) is 30.7. The molecule has 0 aliphatic rings. The molecular formula is C34H21F4NO4. The Morgan fingerprint density at radius 1 is 0.721 bits per heavy atom. The number of H-pyrrole nitrogens is 1. The predicted molar refractivity (Wildman–Crippen MR) is 154 cm³/mol. The molecule has 1 heterocycles. The highest BCUT2D eigenvalue weighted by molar-refractivity contribution is 6.20. The van der Waals surface area contributed by atoms with Gasteiger partial charge in [0.05, 0.1) is 22.4 Å². The summed E-state index contributed by atoms with van der Waals surface area (Å²) >= 11 is 0. The van der Waals surface area contributed by atoms with Crippen LogP contribution in [0.2, 0.25) is 0 Å². The third kappa shape index (κ3) is 6.06. The van der Waals surface area contributed by atoms with Crippen molar-refractivity contribution < 1.29 is 32.3 Å². The van der Waals surface area contributed by atoms with Crippen LogP contribution in [0.4, 0.5) is 17.6 Å². The fraction of sp³-hybridized carbons (Fsp3) is 0.0294. The Labute approximate surface area is 242 Å². The summed E-state index contributed by atoms with van der Waals surface area (Å²) in [7, 11) is 0. The van der Waals surface area contributed by atoms with E-state index >= 15 is 0 Å². The standard InChI is InChI=1S/C34H21F4NO4/c35-25-16-14-22(15-17-25)32(42)30-28(21-10-5-2-6-11-21)29(27(41)19-26(40)20-8-3-1-4-9-20)31(39-33(30)43)23-12-7-13-24(18-23)34(36,37)38/h1-19,40H,(H,39,43). The van der Waals surface area contributed by atoms with Gasteiger partial charge in [-0.2, -0.15) is 13.2 Å². The summed E-state index contributed by atoms with van der Waals surface area (Å²) in [5.74, 6) is -2.80. The summed E-state index contributed by atoms with van der Waals surface area (Å²) in [4.78, 5) is 43.9. The number of nitrogens with one attached hydrogen (secondary N) is 1. The first-order valence-electron chi connectivity index (χ1n) is 12.9. The predicted octanol–water partition coefficient (Wildman–Crippen LogP) is 7.88. The summed E-state index contributed by atoms with van der Waals surface area (Å²) < 4.78 is 54.6. The van der Waals surface area contributed by atoms with Crippen molar-refractivity contribution in [3.63, 3.8) is 0 Å². The lowest BCUT2D eigenvalue weighted by molar-refractivity contribution is -0.137. The molecule has 43 heavy (non-hydrogen) atoms. The number of ketones is 2. The van der Waals surface area contributed by atoms with Gasteiger partial charge in [0.2, 0.25) is 0 Å². The molecule has 9 heteroatoms. The van der Waals surface area contributed by atoms with E-state index in [-0.39, 0.29) is 39.1 Å². The van der Waals surface area contributed by atoms with Gasteiger partial charge < -0.3 is 10.1 Å². The minimum atomic E-state index is -4.73. The number of aliphatic hydroxyl groups is 1. The minimum absolute atomic E-state index is 0.0584. The van der Waals surface area contributed by atoms with Crippen LogP contribution in [0.15, 0.2) is 120 Å². The summed E-state index contributed by atoms with van der Waals surface area (Å²) in [5.41, 5.74) is -2.94. The van der Waals surface area contributed by atoms with Gasteiger partial charge in [0.25, 0.3) is 5.56 Å². The van der Waals surface area contributed by atoms with Crippen molar-refractivity contribution in [3.8, 4) is 22.4 Å². The van der Waals surface area contributed by atoms with Gasteiger partial charge in [0.15, 0.2) is 11.6 Å². The average molecular weight is 584 g/mol. The molecule has 4 aromatic carbocycles. The first-order chi connectivity index (χ1) is 20.5. The maximum absolute atomic E-state index is 14.0. The number of carbonyl (C=O) groups excluding carboxylic acids is 2. The van der Waals surface area contributed by atoms with Gasteiger partial charge in [-0.3, -0.25) is 14.4 Å². The summed E-state index contributed by atoms with van der Waals surface area (Å²) in [6.45, 7) is 0. The van der Waals surface area contributed by atoms with Gasteiger partial charge in [-0.05, 0) is 47.5 Å². The van der Waals surface area contributed by atoms with Crippen LogP contribution in [0.1, 0.15) is 37.4 Å². The van der Waals surface area contributed by atoms with Crippen LogP contribution in [0.3, 0.4) is 0 Å². The molecular weight excluding hydrogens is 562 g/mol. The van der Waals surface area contributed by atoms with Crippen molar-refractivity contribution in [2.75, 3.05) is 0 Å². The van der Waals surface area contributed by atoms with Gasteiger partial charge in [0.1, 0.15) is 11.6 Å². The Bertz CT molecular complexity index is 1910. The lowest BCUT2D eigenvalue weighted by atomic mass is 9.86. The van der Waals surface area contributed by atoms with E-state index in [0.29, 0.717) is 0 Å². The molecule has 0 aliphatic heterocycles. The van der Waals surface area contributed by atoms with E-state index in [4.69, 9.17) is 0 Å². The zero-order valence-corrected chi connectivity index (χ0v) is 22.2. The highest BCUT2D eigenvalue weighted by atomic mass is 19.4. The highest BCUT2D eigenvalue weighted by Gasteiger charge is 2.32. The smallest absolute Gasteiger partial charge is 0.416 e. The summed E-state index contributed by atoms with van der Waals surface area (Å²) in [6.07, 6.45) is -3.86. The molecule has 0 aliphatic carbocycles. The number of hydrogen-bond donors (Lipinski definition) is 2. The number of halogens is 4. The third-order valence-corrected chi connectivity index (χ3v) is 6.67. The monoisotopic (exact) mass is 583 g/mol. The fourth-order valence-corrected chi connectivity index (χ4v) is 4.66. The van der Waals surface area contributed by atoms with Gasteiger partial charge in [0, 0.05) is 22.8 Å². The SMILES string of the molecule is O=C(C=C(O)c1ccccc1)c1c(-c2cccc(C(F)(F)F)c2)[nH]c(=O)c(C(=O)c2ccc(F)cc2)c1-c1ccccc1. The lowest BCUT2D eigenvalue weighted by Crippen LogP contribution is -2.24. The van der Waals surface area contributed by atoms with Gasteiger partial charge in [-0.25, -0.2) is 4.39 Å². The quantitative estimate of drug-likeness (QED) is 0.0883. The van der Waals surface area contributed by atoms with E-state index in [9.17, 15) is 37.1 Å². The topological polar surface area (TPSA) is 87.2 Å². The first-order valence-corrected chi connectivity index (χ1v) is 12.9. The maximum atomic E-state index is 14.0. The van der Waals surface area contributed by atoms with E-state index in [2.05, 4.69) is 4.98 Å². The Morgan fingerprint density at radius 2 is 1.33 bits per heavy atom. The number of hydrogen-bond acceptors (Lipinski definition) is 4. The highest BCUT2D eigenvalue weighted by Crippen LogP contribution is 2.37. The molecule has 214 valence electrons. The second-order valence-electron chi connectivity index (χ2n) is 9.49. The summed E-state index contributed by atoms with van der Waals surface area (Å²) in [5, 5.41) is 10.8. The van der Waals surface area contributed by atoms with E-state index in [1.54, 1.807) is 48.5 Å². The number of aromatic amines is 1. The third-order valence-electron chi connectivity index (χ3n) is 6.67. The number of carbonyl (C=O) groups is 2. The van der Waals surface area contributed by atoms with Gasteiger partial charge >= 0.3 is 6.18 Å². The number of benzene rings is 4. The lowest BCUT2D eigenvalue weighted by Gasteiger charge is -2.18. The van der Waals surface area contributed by atoms with Crippen LogP contribution < -0.4 is 5.56 Å². The van der Waals surface area contributed by atoms with Crippen molar-refractivity contribution in [1.29, 1.82) is 0 Å². The van der Waals surface area contributed by atoms with Crippen LogP contribution in [0, 0.1) is 5.82 Å². The van der Waals surface area contributed by atoms with Crippen molar-refractivity contribution >= 4 is 17.3 Å². The number of alkyl halides is 3.